The van der Waals surface area contributed by atoms with Crippen LogP contribution in [0.1, 0.15) is 42.4 Å². The van der Waals surface area contributed by atoms with Crippen LogP contribution < -0.4 is 14.8 Å². The van der Waals surface area contributed by atoms with Crippen molar-refractivity contribution in [2.75, 3.05) is 33.9 Å². The van der Waals surface area contributed by atoms with Crippen LogP contribution in [-0.4, -0.2) is 56.5 Å². The first-order chi connectivity index (χ1) is 18.1. The molecule has 2 spiro atoms. The predicted molar refractivity (Wildman–Crippen MR) is 143 cm³/mol. The standard InChI is InChI=1S/C32H38N2O3/c1-35-25-11-10-23-16-26-30-12-13-32(36-2,24(17-30)19-33-18-21-6-4-3-5-7-21)29-31(30,27(23)28(25)37-29)14-15-34(26)20-22-8-9-22/h3-7,10-13,22,24,26,29,33H,8-9,14-20H2,1-2H3/t24-,26-,29-,30+,31+,32-/m1/s1. The topological polar surface area (TPSA) is 43.0 Å². The Kier molecular flexibility index (Phi) is 4.80. The van der Waals surface area contributed by atoms with Crippen molar-refractivity contribution < 1.29 is 14.2 Å². The third kappa shape index (κ3) is 2.81. The molecule has 2 aliphatic heterocycles. The summed E-state index contributed by atoms with van der Waals surface area (Å²) in [7, 11) is 3.67. The van der Waals surface area contributed by atoms with E-state index in [0.29, 0.717) is 12.0 Å². The van der Waals surface area contributed by atoms with Crippen LogP contribution in [-0.2, 0) is 23.1 Å². The van der Waals surface area contributed by atoms with Crippen LogP contribution in [0.15, 0.2) is 54.6 Å². The predicted octanol–water partition coefficient (Wildman–Crippen LogP) is 4.49. The van der Waals surface area contributed by atoms with Crippen molar-refractivity contribution in [2.24, 2.45) is 17.3 Å². The van der Waals surface area contributed by atoms with E-state index in [4.69, 9.17) is 14.2 Å². The van der Waals surface area contributed by atoms with Crippen LogP contribution in [0, 0.1) is 17.3 Å². The minimum absolute atomic E-state index is 0.0248. The van der Waals surface area contributed by atoms with Crippen LogP contribution >= 0.6 is 0 Å². The number of hydrogen-bond acceptors (Lipinski definition) is 5. The molecule has 7 aliphatic rings. The van der Waals surface area contributed by atoms with E-state index in [1.807, 2.05) is 7.11 Å². The van der Waals surface area contributed by atoms with Gasteiger partial charge < -0.3 is 19.5 Å². The van der Waals surface area contributed by atoms with Crippen LogP contribution in [0.4, 0.5) is 0 Å². The van der Waals surface area contributed by atoms with E-state index >= 15 is 0 Å². The van der Waals surface area contributed by atoms with Crippen molar-refractivity contribution in [1.29, 1.82) is 0 Å². The van der Waals surface area contributed by atoms with Gasteiger partial charge in [-0.15, -0.1) is 0 Å². The number of rotatable bonds is 8. The Morgan fingerprint density at radius 1 is 1.08 bits per heavy atom. The molecule has 194 valence electrons. The zero-order valence-electron chi connectivity index (χ0n) is 22.0. The summed E-state index contributed by atoms with van der Waals surface area (Å²) in [5, 5.41) is 3.80. The summed E-state index contributed by atoms with van der Waals surface area (Å²) in [6.45, 7) is 4.20. The summed E-state index contributed by atoms with van der Waals surface area (Å²) in [6.07, 6.45) is 11.2. The molecule has 9 rings (SSSR count). The molecule has 2 aromatic rings. The van der Waals surface area contributed by atoms with Crippen LogP contribution in [0.3, 0.4) is 0 Å². The number of hydrogen-bond donors (Lipinski definition) is 1. The van der Waals surface area contributed by atoms with E-state index < -0.39 is 5.60 Å². The van der Waals surface area contributed by atoms with Gasteiger partial charge in [0, 0.05) is 49.7 Å². The summed E-state index contributed by atoms with van der Waals surface area (Å²) in [5.74, 6) is 3.11. The highest BCUT2D eigenvalue weighted by molar-refractivity contribution is 5.65. The van der Waals surface area contributed by atoms with Gasteiger partial charge in [0.1, 0.15) is 11.7 Å². The molecule has 0 radical (unpaired) electrons. The molecule has 3 fully saturated rings. The normalized spacial score (nSPS) is 38.4. The Morgan fingerprint density at radius 2 is 1.95 bits per heavy atom. The minimum atomic E-state index is -0.451. The van der Waals surface area contributed by atoms with Crippen molar-refractivity contribution >= 4 is 0 Å². The van der Waals surface area contributed by atoms with E-state index in [9.17, 15) is 0 Å². The van der Waals surface area contributed by atoms with E-state index in [2.05, 4.69) is 64.8 Å². The fraction of sp³-hybridized carbons (Fsp3) is 0.562. The minimum Gasteiger partial charge on any atom is -0.493 e. The molecule has 5 aliphatic carbocycles. The lowest BCUT2D eigenvalue weighted by Crippen LogP contribution is -2.79. The van der Waals surface area contributed by atoms with Gasteiger partial charge in [-0.2, -0.15) is 0 Å². The van der Waals surface area contributed by atoms with Gasteiger partial charge >= 0.3 is 0 Å². The number of nitrogens with one attached hydrogen (secondary N) is 1. The van der Waals surface area contributed by atoms with Gasteiger partial charge in [0.2, 0.25) is 0 Å². The molecule has 6 atom stereocenters. The van der Waals surface area contributed by atoms with Gasteiger partial charge in [0.15, 0.2) is 11.5 Å². The van der Waals surface area contributed by atoms with Crippen LogP contribution in [0.5, 0.6) is 11.5 Å². The Hall–Kier alpha value is -2.34. The van der Waals surface area contributed by atoms with E-state index in [1.54, 1.807) is 7.11 Å². The molecule has 2 aromatic carbocycles. The largest absolute Gasteiger partial charge is 0.493 e. The Balaban J connectivity index is 1.23. The molecule has 2 heterocycles. The first-order valence-corrected chi connectivity index (χ1v) is 14.3. The SMILES string of the molecule is COc1ccc2c3c1O[C@H]1[C@@]4(OC)C=C[C@]5(C[C@@H]4CNCc4ccccc4)[C@@H](C2)N(CC2CC2)CC[C@]315. The molecule has 4 bridgehead atoms. The number of likely N-dealkylation sites (tertiary alicyclic amines) is 1. The molecule has 5 heteroatoms. The molecule has 1 saturated heterocycles. The van der Waals surface area contributed by atoms with Crippen molar-refractivity contribution in [2.45, 2.75) is 61.8 Å². The van der Waals surface area contributed by atoms with E-state index in [-0.39, 0.29) is 16.9 Å². The number of fused-ring (bicyclic) bond motifs is 1. The molecule has 0 aromatic heterocycles. The molecular formula is C32H38N2O3. The maximum Gasteiger partial charge on any atom is 0.166 e. The first-order valence-electron chi connectivity index (χ1n) is 14.3. The Labute approximate surface area is 220 Å². The van der Waals surface area contributed by atoms with Crippen molar-refractivity contribution in [3.8, 4) is 11.5 Å². The summed E-state index contributed by atoms with van der Waals surface area (Å²) in [6, 6.07) is 15.7. The molecule has 5 nitrogen and oxygen atoms in total. The average molecular weight is 499 g/mol. The maximum absolute atomic E-state index is 7.10. The van der Waals surface area contributed by atoms with E-state index in [1.165, 1.54) is 36.1 Å². The van der Waals surface area contributed by atoms with E-state index in [0.717, 1.165) is 56.3 Å². The summed E-state index contributed by atoms with van der Waals surface area (Å²) >= 11 is 0. The molecule has 1 N–H and O–H groups in total. The number of piperidine rings is 1. The fourth-order valence-electron chi connectivity index (χ4n) is 9.29. The number of benzene rings is 2. The van der Waals surface area contributed by atoms with Gasteiger partial charge in [-0.25, -0.2) is 0 Å². The highest BCUT2D eigenvalue weighted by atomic mass is 16.6. The van der Waals surface area contributed by atoms with Crippen molar-refractivity contribution in [3.05, 3.63) is 71.3 Å². The Bertz CT molecular complexity index is 1260. The second-order valence-electron chi connectivity index (χ2n) is 12.5. The zero-order chi connectivity index (χ0) is 24.8. The lowest BCUT2D eigenvalue weighted by atomic mass is 9.37. The molecule has 37 heavy (non-hydrogen) atoms. The summed E-state index contributed by atoms with van der Waals surface area (Å²) < 4.78 is 19.6. The lowest BCUT2D eigenvalue weighted by molar-refractivity contribution is -0.215. The second-order valence-corrected chi connectivity index (χ2v) is 12.5. The van der Waals surface area contributed by atoms with Gasteiger partial charge in [-0.3, -0.25) is 4.90 Å². The summed E-state index contributed by atoms with van der Waals surface area (Å²) in [5.41, 5.74) is 3.81. The number of ether oxygens (including phenoxy) is 3. The van der Waals surface area contributed by atoms with Gasteiger partial charge in [0.05, 0.1) is 12.5 Å². The molecule has 0 amide bonds. The molecule has 0 unspecified atom stereocenters. The third-order valence-electron chi connectivity index (χ3n) is 11.0. The third-order valence-corrected chi connectivity index (χ3v) is 11.0. The van der Waals surface area contributed by atoms with Crippen molar-refractivity contribution in [1.82, 2.24) is 10.2 Å². The second kappa shape index (κ2) is 7.84. The summed E-state index contributed by atoms with van der Waals surface area (Å²) in [4.78, 5) is 2.87. The maximum atomic E-state index is 7.10. The molecule has 2 saturated carbocycles. The highest BCUT2D eigenvalue weighted by Crippen LogP contribution is 2.74. The lowest BCUT2D eigenvalue weighted by Gasteiger charge is -2.71. The zero-order valence-corrected chi connectivity index (χ0v) is 22.0. The quantitative estimate of drug-likeness (QED) is 0.544. The van der Waals surface area contributed by atoms with Crippen LogP contribution in [0.2, 0.25) is 0 Å². The number of nitrogens with zero attached hydrogens (tertiary/aromatic N) is 1. The van der Waals surface area contributed by atoms with Crippen LogP contribution in [0.25, 0.3) is 0 Å². The van der Waals surface area contributed by atoms with Gasteiger partial charge in [-0.1, -0.05) is 48.6 Å². The fourth-order valence-corrected chi connectivity index (χ4v) is 9.29. The monoisotopic (exact) mass is 498 g/mol. The highest BCUT2D eigenvalue weighted by Gasteiger charge is 2.79. The Morgan fingerprint density at radius 3 is 2.73 bits per heavy atom. The average Bonchev–Trinajstić information content (AvgIpc) is 3.68. The van der Waals surface area contributed by atoms with Crippen molar-refractivity contribution in [3.63, 3.8) is 0 Å². The number of methoxy groups -OCH3 is 2. The first kappa shape index (κ1) is 22.6. The van der Waals surface area contributed by atoms with Gasteiger partial charge in [-0.05, 0) is 61.8 Å². The van der Waals surface area contributed by atoms with Gasteiger partial charge in [0.25, 0.3) is 0 Å². The smallest absolute Gasteiger partial charge is 0.166 e. The molecular weight excluding hydrogens is 460 g/mol.